The zero-order valence-corrected chi connectivity index (χ0v) is 18.4. The first kappa shape index (κ1) is 22.1. The van der Waals surface area contributed by atoms with E-state index in [0.29, 0.717) is 11.1 Å². The molecular weight excluding hydrogens is 384 g/mol. The fourth-order valence-corrected chi connectivity index (χ4v) is 3.81. The van der Waals surface area contributed by atoms with Gasteiger partial charge in [-0.3, -0.25) is 0 Å². The van der Waals surface area contributed by atoms with Crippen molar-refractivity contribution in [3.8, 4) is 11.5 Å². The Balaban J connectivity index is 2.57. The summed E-state index contributed by atoms with van der Waals surface area (Å²) in [6.45, 7) is 18.3. The highest BCUT2D eigenvalue weighted by molar-refractivity contribution is 5.92. The van der Waals surface area contributed by atoms with Gasteiger partial charge in [0.05, 0.1) is 10.9 Å². The maximum Gasteiger partial charge on any atom is 0.340 e. The van der Waals surface area contributed by atoms with Crippen LogP contribution in [0, 0.1) is 0 Å². The van der Waals surface area contributed by atoms with Gasteiger partial charge < -0.3 is 24.5 Å². The number of fused-ring (bicyclic) bond motifs is 2. The minimum absolute atomic E-state index is 0.0652. The Hall–Kier alpha value is -2.57. The number of ether oxygens (including phenoxy) is 1. The molecule has 30 heavy (non-hydrogen) atoms. The van der Waals surface area contributed by atoms with Crippen molar-refractivity contribution in [3.05, 3.63) is 58.5 Å². The van der Waals surface area contributed by atoms with Gasteiger partial charge in [0.15, 0.2) is 0 Å². The van der Waals surface area contributed by atoms with E-state index in [1.807, 2.05) is 27.7 Å². The minimum Gasteiger partial charge on any atom is -0.507 e. The molecule has 0 radical (unpaired) electrons. The van der Waals surface area contributed by atoms with Crippen LogP contribution in [0.4, 0.5) is 0 Å². The van der Waals surface area contributed by atoms with Crippen molar-refractivity contribution in [2.75, 3.05) is 0 Å². The highest BCUT2D eigenvalue weighted by Crippen LogP contribution is 2.53. The molecule has 1 aromatic heterocycles. The SMILES string of the molecule is C=CC(C)(C)c1cc2c(O)c3c(c(C(C)(C)C=C)c2oc1=O)OC(C)(C)C(O)C3O. The van der Waals surface area contributed by atoms with E-state index in [-0.39, 0.29) is 28.0 Å². The molecule has 3 rings (SSSR count). The van der Waals surface area contributed by atoms with Gasteiger partial charge >= 0.3 is 5.63 Å². The quantitative estimate of drug-likeness (QED) is 0.517. The molecule has 0 amide bonds. The second-order valence-electron chi connectivity index (χ2n) is 9.60. The highest BCUT2D eigenvalue weighted by Gasteiger charge is 2.47. The van der Waals surface area contributed by atoms with Crippen molar-refractivity contribution in [2.45, 2.75) is 70.2 Å². The van der Waals surface area contributed by atoms with E-state index in [9.17, 15) is 20.1 Å². The molecule has 1 aromatic carbocycles. The molecule has 2 unspecified atom stereocenters. The number of allylic oxidation sites excluding steroid dienone is 2. The fourth-order valence-electron chi connectivity index (χ4n) is 3.81. The molecule has 2 atom stereocenters. The Kier molecular flexibility index (Phi) is 4.96. The van der Waals surface area contributed by atoms with E-state index in [1.54, 1.807) is 32.1 Å². The lowest BCUT2D eigenvalue weighted by Gasteiger charge is -2.42. The number of aliphatic hydroxyl groups excluding tert-OH is 2. The summed E-state index contributed by atoms with van der Waals surface area (Å²) >= 11 is 0. The van der Waals surface area contributed by atoms with Crippen LogP contribution in [0.3, 0.4) is 0 Å². The first-order chi connectivity index (χ1) is 13.7. The van der Waals surface area contributed by atoms with Crippen LogP contribution in [0.15, 0.2) is 40.6 Å². The number of rotatable bonds is 4. The number of aromatic hydroxyl groups is 1. The van der Waals surface area contributed by atoms with Gasteiger partial charge in [-0.15, -0.1) is 13.2 Å². The Bertz CT molecular complexity index is 1100. The summed E-state index contributed by atoms with van der Waals surface area (Å²) in [4.78, 5) is 12.9. The topological polar surface area (TPSA) is 100 Å². The third-order valence-corrected chi connectivity index (χ3v) is 6.19. The van der Waals surface area contributed by atoms with Gasteiger partial charge in [0.1, 0.15) is 34.9 Å². The summed E-state index contributed by atoms with van der Waals surface area (Å²) in [7, 11) is 0. The van der Waals surface area contributed by atoms with Crippen molar-refractivity contribution in [2.24, 2.45) is 0 Å². The number of aliphatic hydroxyl groups is 2. The van der Waals surface area contributed by atoms with Crippen LogP contribution in [0.5, 0.6) is 11.5 Å². The lowest BCUT2D eigenvalue weighted by molar-refractivity contribution is -0.113. The maximum atomic E-state index is 12.9. The number of hydrogen-bond acceptors (Lipinski definition) is 6. The molecule has 6 nitrogen and oxygen atoms in total. The number of benzene rings is 1. The van der Waals surface area contributed by atoms with Gasteiger partial charge in [0.2, 0.25) is 0 Å². The molecule has 0 aliphatic carbocycles. The third kappa shape index (κ3) is 3.06. The number of hydrogen-bond donors (Lipinski definition) is 3. The molecule has 2 heterocycles. The Morgan fingerprint density at radius 2 is 1.67 bits per heavy atom. The standard InChI is InChI=1S/C24H30O6/c1-9-22(3,4)13-11-12-16(25)14-17(26)20(27)24(7,8)30-19(14)15(23(5,6)10-2)18(12)29-21(13)28/h9-11,17,20,25-27H,1-2H2,3-8H3. The second kappa shape index (κ2) is 6.72. The molecule has 1 aliphatic rings. The van der Waals surface area contributed by atoms with Crippen molar-refractivity contribution in [1.82, 2.24) is 0 Å². The maximum absolute atomic E-state index is 12.9. The smallest absolute Gasteiger partial charge is 0.340 e. The van der Waals surface area contributed by atoms with Gasteiger partial charge in [-0.2, -0.15) is 0 Å². The van der Waals surface area contributed by atoms with Gasteiger partial charge in [0, 0.05) is 22.0 Å². The molecule has 0 saturated carbocycles. The summed E-state index contributed by atoms with van der Waals surface area (Å²) < 4.78 is 11.8. The molecule has 0 fully saturated rings. The van der Waals surface area contributed by atoms with Crippen molar-refractivity contribution in [3.63, 3.8) is 0 Å². The summed E-state index contributed by atoms with van der Waals surface area (Å²) in [6.07, 6.45) is 0.636. The molecule has 0 bridgehead atoms. The Labute approximate surface area is 176 Å². The zero-order valence-electron chi connectivity index (χ0n) is 18.4. The minimum atomic E-state index is -1.39. The summed E-state index contributed by atoms with van der Waals surface area (Å²) in [5.74, 6) is -0.109. The molecule has 0 saturated heterocycles. The van der Waals surface area contributed by atoms with E-state index in [0.717, 1.165) is 0 Å². The largest absolute Gasteiger partial charge is 0.507 e. The van der Waals surface area contributed by atoms with Crippen LogP contribution >= 0.6 is 0 Å². The second-order valence-corrected chi connectivity index (χ2v) is 9.60. The first-order valence-electron chi connectivity index (χ1n) is 9.89. The highest BCUT2D eigenvalue weighted by atomic mass is 16.5. The van der Waals surface area contributed by atoms with Crippen LogP contribution in [-0.4, -0.2) is 27.0 Å². The predicted molar refractivity (Wildman–Crippen MR) is 116 cm³/mol. The fraction of sp³-hybridized carbons (Fsp3) is 0.458. The molecule has 2 aromatic rings. The number of phenolic OH excluding ortho intramolecular Hbond substituents is 1. The predicted octanol–water partition coefficient (Wildman–Crippen LogP) is 3.99. The molecule has 1 aliphatic heterocycles. The lowest BCUT2D eigenvalue weighted by Crippen LogP contribution is -2.49. The van der Waals surface area contributed by atoms with Crippen molar-refractivity contribution >= 4 is 11.0 Å². The Morgan fingerprint density at radius 3 is 2.20 bits per heavy atom. The van der Waals surface area contributed by atoms with E-state index in [1.165, 1.54) is 0 Å². The molecule has 6 heteroatoms. The van der Waals surface area contributed by atoms with E-state index >= 15 is 0 Å². The normalized spacial score (nSPS) is 21.1. The average molecular weight is 414 g/mol. The van der Waals surface area contributed by atoms with Crippen LogP contribution in [0.25, 0.3) is 11.0 Å². The van der Waals surface area contributed by atoms with E-state index in [4.69, 9.17) is 9.15 Å². The number of phenols is 1. The van der Waals surface area contributed by atoms with Gasteiger partial charge in [0.25, 0.3) is 0 Å². The summed E-state index contributed by atoms with van der Waals surface area (Å²) in [5.41, 5.74) is -2.12. The van der Waals surface area contributed by atoms with Crippen molar-refractivity contribution in [1.29, 1.82) is 0 Å². The molecule has 0 spiro atoms. The van der Waals surface area contributed by atoms with Crippen LogP contribution < -0.4 is 10.4 Å². The molecule has 3 N–H and O–H groups in total. The van der Waals surface area contributed by atoms with Crippen LogP contribution in [0.1, 0.15) is 64.3 Å². The van der Waals surface area contributed by atoms with Crippen LogP contribution in [0.2, 0.25) is 0 Å². The lowest BCUT2D eigenvalue weighted by atomic mass is 9.77. The first-order valence-corrected chi connectivity index (χ1v) is 9.89. The third-order valence-electron chi connectivity index (χ3n) is 6.19. The van der Waals surface area contributed by atoms with E-state index in [2.05, 4.69) is 13.2 Å². The van der Waals surface area contributed by atoms with Gasteiger partial charge in [-0.25, -0.2) is 4.79 Å². The van der Waals surface area contributed by atoms with E-state index < -0.39 is 34.3 Å². The average Bonchev–Trinajstić information content (AvgIpc) is 2.65. The van der Waals surface area contributed by atoms with Crippen molar-refractivity contribution < 1.29 is 24.5 Å². The Morgan fingerprint density at radius 1 is 1.10 bits per heavy atom. The zero-order chi connectivity index (χ0) is 22.8. The molecular formula is C24H30O6. The monoisotopic (exact) mass is 414 g/mol. The molecule has 162 valence electrons. The summed E-state index contributed by atoms with van der Waals surface area (Å²) in [6, 6.07) is 1.56. The summed E-state index contributed by atoms with van der Waals surface area (Å²) in [5, 5.41) is 32.8. The van der Waals surface area contributed by atoms with Gasteiger partial charge in [-0.1, -0.05) is 39.8 Å². The van der Waals surface area contributed by atoms with Crippen LogP contribution in [-0.2, 0) is 10.8 Å². The van der Waals surface area contributed by atoms with Gasteiger partial charge in [-0.05, 0) is 19.9 Å².